The monoisotopic (exact) mass is 378 g/mol. The number of anilines is 2. The molecule has 1 aliphatic rings. The first kappa shape index (κ1) is 20.1. The zero-order valence-corrected chi connectivity index (χ0v) is 17.5. The number of carbonyl (C=O) groups excluding carboxylic acids is 2. The predicted molar refractivity (Wildman–Crippen MR) is 115 cm³/mol. The van der Waals surface area contributed by atoms with Crippen molar-refractivity contribution >= 4 is 23.2 Å². The Bertz CT molecular complexity index is 873. The van der Waals surface area contributed by atoms with Gasteiger partial charge in [0.05, 0.1) is 6.04 Å². The fraction of sp³-hybridized carbons (Fsp3) is 0.417. The van der Waals surface area contributed by atoms with Crippen molar-refractivity contribution in [2.45, 2.75) is 66.0 Å². The smallest absolute Gasteiger partial charge is 0.227 e. The summed E-state index contributed by atoms with van der Waals surface area (Å²) in [6.07, 6.45) is 1.64. The Morgan fingerprint density at radius 3 is 2.25 bits per heavy atom. The summed E-state index contributed by atoms with van der Waals surface area (Å²) in [5, 5.41) is 0. The van der Waals surface area contributed by atoms with E-state index in [4.69, 9.17) is 0 Å². The molecule has 1 aliphatic heterocycles. The molecule has 1 heterocycles. The highest BCUT2D eigenvalue weighted by Crippen LogP contribution is 2.43. The Morgan fingerprint density at radius 2 is 1.64 bits per heavy atom. The molecule has 0 aliphatic carbocycles. The van der Waals surface area contributed by atoms with Crippen LogP contribution in [0.2, 0.25) is 0 Å². The molecule has 2 aromatic rings. The standard InChI is InChI=1S/C24H30N2O2/c1-6-23(27)25-18(5)15-22(20-14-17(4)10-13-21(20)25)26(24(28)7-2)19-11-8-16(3)9-12-19/h8-14,18,22H,6-7,15H2,1-5H3/t18-,22-/m1/s1. The van der Waals surface area contributed by atoms with Crippen molar-refractivity contribution in [3.05, 3.63) is 59.2 Å². The average Bonchev–Trinajstić information content (AvgIpc) is 2.69. The summed E-state index contributed by atoms with van der Waals surface area (Å²) in [6.45, 7) is 9.98. The minimum Gasteiger partial charge on any atom is -0.309 e. The summed E-state index contributed by atoms with van der Waals surface area (Å²) in [7, 11) is 0. The first-order valence-electron chi connectivity index (χ1n) is 10.2. The first-order valence-corrected chi connectivity index (χ1v) is 10.2. The second kappa shape index (κ2) is 8.17. The van der Waals surface area contributed by atoms with Crippen LogP contribution in [0, 0.1) is 13.8 Å². The molecule has 0 saturated carbocycles. The van der Waals surface area contributed by atoms with Gasteiger partial charge in [0.15, 0.2) is 0 Å². The van der Waals surface area contributed by atoms with Gasteiger partial charge >= 0.3 is 0 Å². The van der Waals surface area contributed by atoms with Crippen LogP contribution >= 0.6 is 0 Å². The maximum absolute atomic E-state index is 13.0. The minimum atomic E-state index is -0.0824. The molecule has 0 aromatic heterocycles. The van der Waals surface area contributed by atoms with Gasteiger partial charge in [0, 0.05) is 30.3 Å². The lowest BCUT2D eigenvalue weighted by atomic mass is 9.88. The second-order valence-electron chi connectivity index (χ2n) is 7.73. The molecule has 2 amide bonds. The Morgan fingerprint density at radius 1 is 1.00 bits per heavy atom. The summed E-state index contributed by atoms with van der Waals surface area (Å²) in [6, 6.07) is 14.3. The fourth-order valence-corrected chi connectivity index (χ4v) is 4.12. The van der Waals surface area contributed by atoms with Gasteiger partial charge in [0.2, 0.25) is 11.8 Å². The van der Waals surface area contributed by atoms with Gasteiger partial charge in [-0.3, -0.25) is 9.59 Å². The molecular weight excluding hydrogens is 348 g/mol. The van der Waals surface area contributed by atoms with Gasteiger partial charge in [-0.25, -0.2) is 0 Å². The van der Waals surface area contributed by atoms with Crippen LogP contribution in [0.4, 0.5) is 11.4 Å². The molecule has 0 spiro atoms. The number of aryl methyl sites for hydroxylation is 2. The summed E-state index contributed by atoms with van der Waals surface area (Å²) >= 11 is 0. The van der Waals surface area contributed by atoms with Crippen LogP contribution in [-0.4, -0.2) is 17.9 Å². The summed E-state index contributed by atoms with van der Waals surface area (Å²) in [5.41, 5.74) is 5.21. The second-order valence-corrected chi connectivity index (χ2v) is 7.73. The van der Waals surface area contributed by atoms with Crippen molar-refractivity contribution < 1.29 is 9.59 Å². The van der Waals surface area contributed by atoms with Crippen molar-refractivity contribution in [3.63, 3.8) is 0 Å². The summed E-state index contributed by atoms with van der Waals surface area (Å²) in [4.78, 5) is 29.5. The Kier molecular flexibility index (Phi) is 5.87. The molecule has 0 saturated heterocycles. The van der Waals surface area contributed by atoms with E-state index in [2.05, 4.69) is 19.9 Å². The van der Waals surface area contributed by atoms with Crippen LogP contribution in [0.25, 0.3) is 0 Å². The molecule has 4 heteroatoms. The molecule has 28 heavy (non-hydrogen) atoms. The maximum Gasteiger partial charge on any atom is 0.227 e. The molecule has 0 N–H and O–H groups in total. The van der Waals surface area contributed by atoms with E-state index in [1.165, 1.54) is 5.56 Å². The van der Waals surface area contributed by atoms with E-state index in [-0.39, 0.29) is 23.9 Å². The number of amides is 2. The topological polar surface area (TPSA) is 40.6 Å². The van der Waals surface area contributed by atoms with Gasteiger partial charge in [0.25, 0.3) is 0 Å². The van der Waals surface area contributed by atoms with Gasteiger partial charge in [-0.15, -0.1) is 0 Å². The lowest BCUT2D eigenvalue weighted by Crippen LogP contribution is -2.47. The van der Waals surface area contributed by atoms with E-state index < -0.39 is 0 Å². The lowest BCUT2D eigenvalue weighted by molar-refractivity contribution is -0.119. The molecule has 148 valence electrons. The average molecular weight is 379 g/mol. The van der Waals surface area contributed by atoms with Gasteiger partial charge in [-0.05, 0) is 51.0 Å². The van der Waals surface area contributed by atoms with Crippen molar-refractivity contribution in [1.29, 1.82) is 0 Å². The maximum atomic E-state index is 13.0. The molecule has 2 aromatic carbocycles. The van der Waals surface area contributed by atoms with Crippen LogP contribution in [-0.2, 0) is 9.59 Å². The molecule has 0 unspecified atom stereocenters. The Balaban J connectivity index is 2.15. The van der Waals surface area contributed by atoms with E-state index in [9.17, 15) is 9.59 Å². The van der Waals surface area contributed by atoms with Crippen LogP contribution < -0.4 is 9.80 Å². The van der Waals surface area contributed by atoms with Gasteiger partial charge in [-0.1, -0.05) is 49.2 Å². The van der Waals surface area contributed by atoms with Crippen molar-refractivity contribution in [3.8, 4) is 0 Å². The summed E-state index contributed by atoms with van der Waals surface area (Å²) < 4.78 is 0. The van der Waals surface area contributed by atoms with E-state index in [0.717, 1.165) is 28.9 Å². The number of benzene rings is 2. The number of fused-ring (bicyclic) bond motifs is 1. The number of carbonyl (C=O) groups is 2. The van der Waals surface area contributed by atoms with Crippen molar-refractivity contribution in [1.82, 2.24) is 0 Å². The normalized spacial score (nSPS) is 18.5. The number of nitrogens with zero attached hydrogens (tertiary/aromatic N) is 2. The van der Waals surface area contributed by atoms with E-state index in [1.54, 1.807) is 0 Å². The number of hydrogen-bond donors (Lipinski definition) is 0. The molecule has 4 nitrogen and oxygen atoms in total. The molecule has 2 atom stereocenters. The van der Waals surface area contributed by atoms with E-state index in [0.29, 0.717) is 12.8 Å². The van der Waals surface area contributed by atoms with Gasteiger partial charge in [0.1, 0.15) is 0 Å². The van der Waals surface area contributed by atoms with Crippen molar-refractivity contribution in [2.24, 2.45) is 0 Å². The quantitative estimate of drug-likeness (QED) is 0.722. The molecular formula is C24H30N2O2. The van der Waals surface area contributed by atoms with Crippen LogP contribution in [0.5, 0.6) is 0 Å². The highest BCUT2D eigenvalue weighted by molar-refractivity contribution is 5.98. The van der Waals surface area contributed by atoms with E-state index >= 15 is 0 Å². The third kappa shape index (κ3) is 3.68. The largest absolute Gasteiger partial charge is 0.309 e. The molecule has 0 radical (unpaired) electrons. The summed E-state index contributed by atoms with van der Waals surface area (Å²) in [5.74, 6) is 0.225. The number of hydrogen-bond acceptors (Lipinski definition) is 2. The molecule has 0 bridgehead atoms. The van der Waals surface area contributed by atoms with E-state index in [1.807, 2.05) is 67.0 Å². The highest BCUT2D eigenvalue weighted by Gasteiger charge is 2.37. The van der Waals surface area contributed by atoms with Crippen LogP contribution in [0.15, 0.2) is 42.5 Å². The Hall–Kier alpha value is -2.62. The Labute approximate surface area is 168 Å². The van der Waals surface area contributed by atoms with Gasteiger partial charge < -0.3 is 9.80 Å². The zero-order chi connectivity index (χ0) is 20.4. The lowest BCUT2D eigenvalue weighted by Gasteiger charge is -2.43. The zero-order valence-electron chi connectivity index (χ0n) is 17.5. The SMILES string of the molecule is CCC(=O)N1c2ccc(C)cc2[C@H](N(C(=O)CC)c2ccc(C)cc2)C[C@H]1C. The highest BCUT2D eigenvalue weighted by atomic mass is 16.2. The number of rotatable bonds is 4. The molecule has 3 rings (SSSR count). The van der Waals surface area contributed by atoms with Crippen LogP contribution in [0.1, 0.15) is 62.8 Å². The fourth-order valence-electron chi connectivity index (χ4n) is 4.12. The third-order valence-corrected chi connectivity index (χ3v) is 5.57. The predicted octanol–water partition coefficient (Wildman–Crippen LogP) is 5.32. The molecule has 0 fully saturated rings. The minimum absolute atomic E-state index is 0.0326. The van der Waals surface area contributed by atoms with Gasteiger partial charge in [-0.2, -0.15) is 0 Å². The van der Waals surface area contributed by atoms with Crippen molar-refractivity contribution in [2.75, 3.05) is 9.80 Å². The van der Waals surface area contributed by atoms with Crippen LogP contribution in [0.3, 0.4) is 0 Å². The third-order valence-electron chi connectivity index (χ3n) is 5.57. The first-order chi connectivity index (χ1) is 13.4.